The highest BCUT2D eigenvalue weighted by molar-refractivity contribution is 5.93. The number of rotatable bonds is 6. The molecule has 0 N–H and O–H groups in total. The largest absolute Gasteiger partial charge is 0.368 e. The molecule has 2 aliphatic heterocycles. The topological polar surface area (TPSA) is 55.8 Å². The summed E-state index contributed by atoms with van der Waals surface area (Å²) in [6.45, 7) is 5.24. The fourth-order valence-corrected chi connectivity index (χ4v) is 3.47. The molecular formula is C19H25NO4. The van der Waals surface area contributed by atoms with Crippen LogP contribution in [0.5, 0.6) is 0 Å². The Labute approximate surface area is 142 Å². The number of ether oxygens (including phenoxy) is 2. The number of Topliss-reactive ketones (excluding diaryl/α,β-unsaturated/α-hetero) is 1. The van der Waals surface area contributed by atoms with Gasteiger partial charge in [0.1, 0.15) is 18.8 Å². The predicted octanol–water partition coefficient (Wildman–Crippen LogP) is 2.19. The van der Waals surface area contributed by atoms with Gasteiger partial charge in [-0.05, 0) is 24.3 Å². The Morgan fingerprint density at radius 3 is 2.79 bits per heavy atom. The van der Waals surface area contributed by atoms with Crippen LogP contribution in [0.4, 0.5) is 0 Å². The van der Waals surface area contributed by atoms with Crippen LogP contribution in [0.25, 0.3) is 0 Å². The average molecular weight is 331 g/mol. The van der Waals surface area contributed by atoms with Crippen molar-refractivity contribution in [3.05, 3.63) is 35.9 Å². The highest BCUT2D eigenvalue weighted by Crippen LogP contribution is 2.28. The van der Waals surface area contributed by atoms with Crippen LogP contribution in [0.3, 0.4) is 0 Å². The van der Waals surface area contributed by atoms with Crippen LogP contribution in [-0.4, -0.2) is 48.0 Å². The number of benzene rings is 1. The van der Waals surface area contributed by atoms with Crippen LogP contribution in [-0.2, 0) is 25.7 Å². The van der Waals surface area contributed by atoms with Gasteiger partial charge in [-0.15, -0.1) is 0 Å². The molecule has 5 heteroatoms. The second kappa shape index (κ2) is 7.45. The van der Waals surface area contributed by atoms with Crippen molar-refractivity contribution in [2.75, 3.05) is 13.2 Å². The van der Waals surface area contributed by atoms with Crippen molar-refractivity contribution in [3.63, 3.8) is 0 Å². The summed E-state index contributed by atoms with van der Waals surface area (Å²) in [5, 5.41) is 0. The third-order valence-electron chi connectivity index (χ3n) is 4.65. The van der Waals surface area contributed by atoms with Crippen LogP contribution in [0.15, 0.2) is 30.3 Å². The van der Waals surface area contributed by atoms with Gasteiger partial charge in [-0.1, -0.05) is 44.2 Å². The summed E-state index contributed by atoms with van der Waals surface area (Å²) in [6, 6.07) is 9.42. The molecule has 2 heterocycles. The Bertz CT molecular complexity index is 586. The van der Waals surface area contributed by atoms with Crippen LogP contribution in [0.1, 0.15) is 32.3 Å². The number of carbonyl (C=O) groups excluding carboxylic acids is 2. The molecular weight excluding hydrogens is 306 g/mol. The van der Waals surface area contributed by atoms with E-state index in [0.717, 1.165) is 12.0 Å². The van der Waals surface area contributed by atoms with Crippen molar-refractivity contribution >= 4 is 11.7 Å². The van der Waals surface area contributed by atoms with Crippen LogP contribution >= 0.6 is 0 Å². The standard InChI is InChI=1S/C19H25NO4/c1-13(2)10-17(23-11-14-6-4-3-5-7-14)19(22)20-9-8-16-18(20)15(21)12-24-16/h3-7,13,16-18H,8-12H2,1-2H3/t16?,17-,18?/m0/s1. The normalized spacial score (nSPS) is 24.5. The van der Waals surface area contributed by atoms with Gasteiger partial charge >= 0.3 is 0 Å². The first-order valence-corrected chi connectivity index (χ1v) is 8.66. The molecule has 2 saturated heterocycles. The molecule has 0 aliphatic carbocycles. The lowest BCUT2D eigenvalue weighted by atomic mass is 10.0. The quantitative estimate of drug-likeness (QED) is 0.802. The van der Waals surface area contributed by atoms with Crippen molar-refractivity contribution in [3.8, 4) is 0 Å². The molecule has 1 aromatic rings. The number of carbonyl (C=O) groups is 2. The molecule has 0 aromatic heterocycles. The Morgan fingerprint density at radius 1 is 1.33 bits per heavy atom. The monoisotopic (exact) mass is 331 g/mol. The first kappa shape index (κ1) is 17.1. The zero-order valence-corrected chi connectivity index (χ0v) is 14.3. The predicted molar refractivity (Wildman–Crippen MR) is 89.3 cm³/mol. The molecule has 0 radical (unpaired) electrons. The minimum absolute atomic E-state index is 0.0113. The zero-order valence-electron chi connectivity index (χ0n) is 14.3. The summed E-state index contributed by atoms with van der Waals surface area (Å²) in [7, 11) is 0. The molecule has 0 spiro atoms. The first-order valence-electron chi connectivity index (χ1n) is 8.66. The second-order valence-corrected chi connectivity index (χ2v) is 7.00. The number of ketones is 1. The highest BCUT2D eigenvalue weighted by Gasteiger charge is 2.48. The van der Waals surface area contributed by atoms with Crippen molar-refractivity contribution in [1.82, 2.24) is 4.90 Å². The van der Waals surface area contributed by atoms with Crippen molar-refractivity contribution < 1.29 is 19.1 Å². The molecule has 2 fully saturated rings. The third-order valence-corrected chi connectivity index (χ3v) is 4.65. The maximum absolute atomic E-state index is 13.0. The van der Waals surface area contributed by atoms with Crippen molar-refractivity contribution in [2.45, 2.75) is 51.5 Å². The van der Waals surface area contributed by atoms with Gasteiger partial charge in [-0.25, -0.2) is 0 Å². The van der Waals surface area contributed by atoms with E-state index in [1.54, 1.807) is 4.90 Å². The maximum atomic E-state index is 13.0. The van der Waals surface area contributed by atoms with E-state index in [4.69, 9.17) is 9.47 Å². The summed E-state index contributed by atoms with van der Waals surface area (Å²) in [4.78, 5) is 26.7. The van der Waals surface area contributed by atoms with Crippen LogP contribution < -0.4 is 0 Å². The summed E-state index contributed by atoms with van der Waals surface area (Å²) < 4.78 is 11.4. The molecule has 24 heavy (non-hydrogen) atoms. The van der Waals surface area contributed by atoms with E-state index in [1.807, 2.05) is 30.3 Å². The van der Waals surface area contributed by atoms with E-state index in [2.05, 4.69) is 13.8 Å². The number of hydrogen-bond donors (Lipinski definition) is 0. The Balaban J connectivity index is 1.68. The second-order valence-electron chi connectivity index (χ2n) is 7.00. The summed E-state index contributed by atoms with van der Waals surface area (Å²) in [5.41, 5.74) is 1.04. The summed E-state index contributed by atoms with van der Waals surface area (Å²) in [5.74, 6) is 0.270. The molecule has 0 bridgehead atoms. The number of fused-ring (bicyclic) bond motifs is 1. The average Bonchev–Trinajstić information content (AvgIpc) is 3.15. The van der Waals surface area contributed by atoms with Crippen molar-refractivity contribution in [2.24, 2.45) is 5.92 Å². The molecule has 3 atom stereocenters. The molecule has 2 aliphatic rings. The van der Waals surface area contributed by atoms with E-state index in [0.29, 0.717) is 25.5 Å². The molecule has 1 amide bonds. The highest BCUT2D eigenvalue weighted by atomic mass is 16.5. The Hall–Kier alpha value is -1.72. The lowest BCUT2D eigenvalue weighted by Crippen LogP contribution is -2.47. The van der Waals surface area contributed by atoms with Gasteiger partial charge in [-0.2, -0.15) is 0 Å². The molecule has 3 rings (SSSR count). The van der Waals surface area contributed by atoms with Crippen molar-refractivity contribution in [1.29, 1.82) is 0 Å². The lowest BCUT2D eigenvalue weighted by molar-refractivity contribution is -0.148. The van der Waals surface area contributed by atoms with Gasteiger partial charge in [0.25, 0.3) is 5.91 Å². The zero-order chi connectivity index (χ0) is 17.1. The minimum Gasteiger partial charge on any atom is -0.368 e. The number of likely N-dealkylation sites (tertiary alicyclic amines) is 1. The van der Waals surface area contributed by atoms with Crippen LogP contribution in [0, 0.1) is 5.92 Å². The fraction of sp³-hybridized carbons (Fsp3) is 0.579. The van der Waals surface area contributed by atoms with E-state index >= 15 is 0 Å². The maximum Gasteiger partial charge on any atom is 0.252 e. The molecule has 1 aromatic carbocycles. The van der Waals surface area contributed by atoms with Gasteiger partial charge < -0.3 is 14.4 Å². The SMILES string of the molecule is CC(C)C[C@H](OCc1ccccc1)C(=O)N1CCC2OCC(=O)C21. The lowest BCUT2D eigenvalue weighted by Gasteiger charge is -2.28. The van der Waals surface area contributed by atoms with Gasteiger partial charge in [0.15, 0.2) is 5.78 Å². The van der Waals surface area contributed by atoms with E-state index in [1.165, 1.54) is 0 Å². The molecule has 130 valence electrons. The Morgan fingerprint density at radius 2 is 2.08 bits per heavy atom. The smallest absolute Gasteiger partial charge is 0.252 e. The summed E-state index contributed by atoms with van der Waals surface area (Å²) in [6.07, 6.45) is 0.733. The van der Waals surface area contributed by atoms with E-state index in [9.17, 15) is 9.59 Å². The number of nitrogens with zero attached hydrogens (tertiary/aromatic N) is 1. The molecule has 2 unspecified atom stereocenters. The number of hydrogen-bond acceptors (Lipinski definition) is 4. The van der Waals surface area contributed by atoms with Gasteiger partial charge in [0, 0.05) is 6.54 Å². The summed E-state index contributed by atoms with van der Waals surface area (Å²) >= 11 is 0. The van der Waals surface area contributed by atoms with Gasteiger partial charge in [0.05, 0.1) is 12.7 Å². The van der Waals surface area contributed by atoms with Crippen LogP contribution in [0.2, 0.25) is 0 Å². The molecule has 0 saturated carbocycles. The van der Waals surface area contributed by atoms with Gasteiger partial charge in [0.2, 0.25) is 0 Å². The number of amides is 1. The molecule has 5 nitrogen and oxygen atoms in total. The van der Waals surface area contributed by atoms with Gasteiger partial charge in [-0.3, -0.25) is 9.59 Å². The van der Waals surface area contributed by atoms with E-state index < -0.39 is 12.1 Å². The van der Waals surface area contributed by atoms with E-state index in [-0.39, 0.29) is 24.4 Å². The fourth-order valence-electron chi connectivity index (χ4n) is 3.47. The third kappa shape index (κ3) is 3.68. The Kier molecular flexibility index (Phi) is 5.31. The minimum atomic E-state index is -0.516. The first-order chi connectivity index (χ1) is 11.6.